The monoisotopic (exact) mass is 493 g/mol. The normalized spacial score (nSPS) is 37.6. The van der Waals surface area contributed by atoms with Crippen LogP contribution in [-0.2, 0) is 19.3 Å². The summed E-state index contributed by atoms with van der Waals surface area (Å²) in [5.41, 5.74) is -1.12. The summed E-state index contributed by atoms with van der Waals surface area (Å²) in [4.78, 5) is 29.4. The van der Waals surface area contributed by atoms with E-state index >= 15 is 0 Å². The van der Waals surface area contributed by atoms with Crippen LogP contribution in [0.5, 0.6) is 0 Å². The molecule has 1 heterocycles. The molecule has 6 atom stereocenters. The highest BCUT2D eigenvalue weighted by atomic mass is 32.2. The van der Waals surface area contributed by atoms with Crippen LogP contribution in [0.15, 0.2) is 0 Å². The van der Waals surface area contributed by atoms with Gasteiger partial charge >= 0.3 is 0 Å². The fraction of sp³-hybridized carbons (Fsp3) is 0.885. The largest absolute Gasteiger partial charge is 0.380 e. The van der Waals surface area contributed by atoms with E-state index < -0.39 is 15.3 Å². The first-order valence-corrected chi connectivity index (χ1v) is 15.4. The molecule has 0 aromatic carbocycles. The quantitative estimate of drug-likeness (QED) is 0.555. The van der Waals surface area contributed by atoms with Gasteiger partial charge in [-0.15, -0.1) is 0 Å². The van der Waals surface area contributed by atoms with E-state index in [1.807, 2.05) is 4.90 Å². The van der Waals surface area contributed by atoms with Crippen molar-refractivity contribution in [1.82, 2.24) is 14.5 Å². The zero-order chi connectivity index (χ0) is 24.1. The number of hydrogen-bond donors (Lipinski definition) is 2. The highest BCUT2D eigenvalue weighted by Crippen LogP contribution is 2.44. The molecule has 1 saturated heterocycles. The minimum Gasteiger partial charge on any atom is -0.380 e. The molecule has 4 aliphatic carbocycles. The molecule has 0 radical (unpaired) electrons. The van der Waals surface area contributed by atoms with Gasteiger partial charge in [-0.3, -0.25) is 13.8 Å². The zero-order valence-corrected chi connectivity index (χ0v) is 21.6. The Kier molecular flexibility index (Phi) is 6.79. The van der Waals surface area contributed by atoms with Crippen LogP contribution in [0, 0.1) is 23.7 Å². The number of nitrogens with one attached hydrogen (secondary N) is 1. The summed E-state index contributed by atoms with van der Waals surface area (Å²) in [5.74, 6) is 5.85. The predicted molar refractivity (Wildman–Crippen MR) is 135 cm³/mol. The molecular weight excluding hydrogens is 450 g/mol. The lowest BCUT2D eigenvalue weighted by Crippen LogP contribution is -2.55. The van der Waals surface area contributed by atoms with Gasteiger partial charge in [0.1, 0.15) is 5.60 Å². The van der Waals surface area contributed by atoms with Gasteiger partial charge in [0.15, 0.2) is 0 Å². The number of carbonyl (C=O) groups is 2. The summed E-state index contributed by atoms with van der Waals surface area (Å²) >= 11 is 0. The van der Waals surface area contributed by atoms with Crippen molar-refractivity contribution < 1.29 is 18.9 Å². The van der Waals surface area contributed by atoms with Gasteiger partial charge in [-0.25, -0.2) is 4.72 Å². The highest BCUT2D eigenvalue weighted by molar-refractivity contribution is 7.99. The maximum absolute atomic E-state index is 13.3. The maximum Gasteiger partial charge on any atom is 0.254 e. The number of carbonyl (C=O) groups excluding carboxylic acids is 2. The number of rotatable bonds is 6. The number of hydrogen-bond acceptors (Lipinski definition) is 4. The molecular formula is C26H43N3O4S. The summed E-state index contributed by atoms with van der Waals surface area (Å²) in [6.07, 6.45) is 10.9. The number of aliphatic hydroxyl groups is 1. The van der Waals surface area contributed by atoms with Gasteiger partial charge in [-0.1, -0.05) is 19.8 Å². The van der Waals surface area contributed by atoms with Crippen LogP contribution in [-0.4, -0.2) is 79.9 Å². The van der Waals surface area contributed by atoms with Crippen molar-refractivity contribution in [3.8, 4) is 0 Å². The Morgan fingerprint density at radius 1 is 0.941 bits per heavy atom. The third kappa shape index (κ3) is 5.19. The second kappa shape index (κ2) is 9.40. The Morgan fingerprint density at radius 2 is 1.59 bits per heavy atom. The molecule has 0 aromatic heterocycles. The molecule has 0 spiro atoms. The molecule has 2 N–H and O–H groups in total. The van der Waals surface area contributed by atoms with E-state index in [0.29, 0.717) is 62.8 Å². The van der Waals surface area contributed by atoms with E-state index in [1.54, 1.807) is 4.90 Å². The molecule has 5 rings (SSSR count). The third-order valence-electron chi connectivity index (χ3n) is 9.34. The molecule has 5 fully saturated rings. The van der Waals surface area contributed by atoms with Gasteiger partial charge in [0, 0.05) is 53.1 Å². The van der Waals surface area contributed by atoms with Gasteiger partial charge in [0.2, 0.25) is 5.91 Å². The molecule has 0 bridgehead atoms. The van der Waals surface area contributed by atoms with E-state index in [-0.39, 0.29) is 23.0 Å². The Bertz CT molecular complexity index is 890. The first-order valence-electron chi connectivity index (χ1n) is 13.6. The van der Waals surface area contributed by atoms with Crippen LogP contribution >= 0.6 is 0 Å². The SMILES string of the molecule is C=S(=O)(NC1CC1)C1CCCC(C2CCC(C(=O)N3CCN(C(=O)C4(O)CC4)CC3)C(C)C2)C1. The van der Waals surface area contributed by atoms with Crippen molar-refractivity contribution in [1.29, 1.82) is 0 Å². The first-order chi connectivity index (χ1) is 16.2. The first kappa shape index (κ1) is 24.6. The topological polar surface area (TPSA) is 90.0 Å². The minimum atomic E-state index is -2.21. The van der Waals surface area contributed by atoms with E-state index in [0.717, 1.165) is 51.4 Å². The summed E-state index contributed by atoms with van der Waals surface area (Å²) in [6, 6.07) is 0.422. The van der Waals surface area contributed by atoms with Crippen molar-refractivity contribution in [2.45, 2.75) is 94.4 Å². The van der Waals surface area contributed by atoms with Crippen molar-refractivity contribution in [2.24, 2.45) is 23.7 Å². The lowest BCUT2D eigenvalue weighted by atomic mass is 9.67. The fourth-order valence-electron chi connectivity index (χ4n) is 6.76. The van der Waals surface area contributed by atoms with Crippen molar-refractivity contribution >= 4 is 27.4 Å². The number of amides is 2. The summed E-state index contributed by atoms with van der Waals surface area (Å²) in [5, 5.41) is 10.3. The number of piperazine rings is 1. The number of nitrogens with zero attached hydrogens (tertiary/aromatic N) is 2. The molecule has 4 saturated carbocycles. The van der Waals surface area contributed by atoms with E-state index in [1.165, 1.54) is 6.42 Å². The standard InChI is InChI=1S/C26H43N3O4S/c1-18-16-20(19-4-3-5-22(17-19)34(2,33)27-21-7-8-21)6-9-23(18)24(30)28-12-14-29(15-13-28)25(31)26(32)10-11-26/h18-23,32H,2-17H2,1H3,(H,27,33). The van der Waals surface area contributed by atoms with Crippen LogP contribution in [0.25, 0.3) is 0 Å². The average molecular weight is 494 g/mol. The summed E-state index contributed by atoms with van der Waals surface area (Å²) in [7, 11) is -2.21. The lowest BCUT2D eigenvalue weighted by molar-refractivity contribution is -0.149. The van der Waals surface area contributed by atoms with E-state index in [4.69, 9.17) is 0 Å². The molecule has 1 aliphatic heterocycles. The smallest absolute Gasteiger partial charge is 0.254 e. The molecule has 34 heavy (non-hydrogen) atoms. The molecule has 5 aliphatic rings. The van der Waals surface area contributed by atoms with Gasteiger partial charge in [-0.05, 0) is 81.4 Å². The molecule has 0 aromatic rings. The highest BCUT2D eigenvalue weighted by Gasteiger charge is 2.50. The van der Waals surface area contributed by atoms with Crippen LogP contribution in [0.1, 0.15) is 77.6 Å². The summed E-state index contributed by atoms with van der Waals surface area (Å²) in [6.45, 7) is 4.43. The predicted octanol–water partition coefficient (Wildman–Crippen LogP) is 2.18. The van der Waals surface area contributed by atoms with E-state index in [9.17, 15) is 18.9 Å². The second-order valence-electron chi connectivity index (χ2n) is 12.0. The Balaban J connectivity index is 1.11. The average Bonchev–Trinajstić information content (AvgIpc) is 3.77. The zero-order valence-electron chi connectivity index (χ0n) is 20.8. The molecule has 192 valence electrons. The Hall–Kier alpha value is -1.12. The van der Waals surface area contributed by atoms with E-state index in [2.05, 4.69) is 17.5 Å². The third-order valence-corrected chi connectivity index (χ3v) is 11.6. The molecule has 7 nitrogen and oxygen atoms in total. The Morgan fingerprint density at radius 3 is 2.21 bits per heavy atom. The van der Waals surface area contributed by atoms with Crippen LogP contribution in [0.2, 0.25) is 0 Å². The second-order valence-corrected chi connectivity index (χ2v) is 14.3. The van der Waals surface area contributed by atoms with Crippen LogP contribution in [0.4, 0.5) is 0 Å². The molecule has 8 heteroatoms. The molecule has 6 unspecified atom stereocenters. The van der Waals surface area contributed by atoms with Crippen molar-refractivity contribution in [3.63, 3.8) is 0 Å². The molecule has 2 amide bonds. The van der Waals surface area contributed by atoms with Crippen LogP contribution in [0.3, 0.4) is 0 Å². The maximum atomic E-state index is 13.3. The van der Waals surface area contributed by atoms with Crippen LogP contribution < -0.4 is 4.72 Å². The lowest BCUT2D eigenvalue weighted by Gasteiger charge is -2.43. The van der Waals surface area contributed by atoms with Crippen molar-refractivity contribution in [3.05, 3.63) is 0 Å². The fourth-order valence-corrected chi connectivity index (χ4v) is 8.86. The van der Waals surface area contributed by atoms with Gasteiger partial charge < -0.3 is 14.9 Å². The van der Waals surface area contributed by atoms with Gasteiger partial charge in [0.25, 0.3) is 5.91 Å². The van der Waals surface area contributed by atoms with Gasteiger partial charge in [-0.2, -0.15) is 0 Å². The van der Waals surface area contributed by atoms with Crippen molar-refractivity contribution in [2.75, 3.05) is 26.2 Å². The van der Waals surface area contributed by atoms with Gasteiger partial charge in [0.05, 0.1) is 0 Å². The Labute approximate surface area is 205 Å². The minimum absolute atomic E-state index is 0.0686. The summed E-state index contributed by atoms with van der Waals surface area (Å²) < 4.78 is 16.6.